The molecule has 0 unspecified atom stereocenters. The highest BCUT2D eigenvalue weighted by Crippen LogP contribution is 2.23. The Labute approximate surface area is 159 Å². The molecule has 0 aliphatic rings. The molecule has 26 heavy (non-hydrogen) atoms. The van der Waals surface area contributed by atoms with Crippen molar-refractivity contribution in [2.75, 3.05) is 5.32 Å². The first-order valence-corrected chi connectivity index (χ1v) is 8.16. The molecule has 2 rings (SSSR count). The molecule has 2 aromatic rings. The number of hydrogen-bond acceptors (Lipinski definition) is 4. The lowest BCUT2D eigenvalue weighted by Crippen LogP contribution is -2.71. The molecule has 2 amide bonds. The molecule has 1 aromatic heterocycles. The van der Waals surface area contributed by atoms with Crippen molar-refractivity contribution < 1.29 is 14.9 Å². The number of aromatic nitrogens is 1. The van der Waals surface area contributed by atoms with Gasteiger partial charge in [0.05, 0.1) is 10.7 Å². The van der Waals surface area contributed by atoms with E-state index in [0.29, 0.717) is 22.1 Å². The minimum Gasteiger partial charge on any atom is -0.365 e. The lowest BCUT2D eigenvalue weighted by atomic mass is 10.0. The van der Waals surface area contributed by atoms with Crippen molar-refractivity contribution in [3.05, 3.63) is 63.9 Å². The highest BCUT2D eigenvalue weighted by atomic mass is 35.5. The molecule has 0 radical (unpaired) electrons. The summed E-state index contributed by atoms with van der Waals surface area (Å²) < 4.78 is 0. The van der Waals surface area contributed by atoms with Gasteiger partial charge in [0, 0.05) is 35.8 Å². The molecule has 134 valence electrons. The van der Waals surface area contributed by atoms with Crippen molar-refractivity contribution in [2.24, 2.45) is 5.73 Å². The lowest BCUT2D eigenvalue weighted by molar-refractivity contribution is -0.496. The molecule has 0 fully saturated rings. The average molecular weight is 393 g/mol. The Morgan fingerprint density at radius 3 is 2.62 bits per heavy atom. The lowest BCUT2D eigenvalue weighted by Gasteiger charge is -2.08. The number of carbonyl (C=O) groups is 2. The minimum absolute atomic E-state index is 0.0212. The van der Waals surface area contributed by atoms with Crippen LogP contribution in [0.3, 0.4) is 0 Å². The third-order valence-corrected chi connectivity index (χ3v) is 3.81. The van der Waals surface area contributed by atoms with E-state index in [1.807, 2.05) is 0 Å². The molecule has 6 N–H and O–H groups in total. The molecule has 9 heteroatoms. The fourth-order valence-corrected chi connectivity index (χ4v) is 2.61. The number of pyridine rings is 1. The predicted octanol–water partition coefficient (Wildman–Crippen LogP) is 1.98. The van der Waals surface area contributed by atoms with E-state index in [1.54, 1.807) is 29.6 Å². The zero-order valence-corrected chi connectivity index (χ0v) is 15.2. The second-order valence-corrected chi connectivity index (χ2v) is 6.11. The Hall–Kier alpha value is -2.74. The maximum atomic E-state index is 11.8. The number of quaternary nitrogens is 1. The van der Waals surface area contributed by atoms with Gasteiger partial charge in [-0.05, 0) is 18.2 Å². The Bertz CT molecular complexity index is 912. The number of nitrogens with one attached hydrogen (secondary N) is 2. The molecule has 1 heterocycles. The Balaban J connectivity index is 2.28. The number of nitrogens with two attached hydrogens (primary N) is 2. The summed E-state index contributed by atoms with van der Waals surface area (Å²) in [6, 6.07) is 7.90. The normalized spacial score (nSPS) is 11.1. The molecule has 0 aliphatic carbocycles. The van der Waals surface area contributed by atoms with Gasteiger partial charge in [0.2, 0.25) is 5.91 Å². The van der Waals surface area contributed by atoms with Crippen LogP contribution in [0.5, 0.6) is 0 Å². The molecule has 1 aromatic carbocycles. The first kappa shape index (κ1) is 19.6. The van der Waals surface area contributed by atoms with Gasteiger partial charge in [0.15, 0.2) is 0 Å². The number of benzene rings is 1. The predicted molar refractivity (Wildman–Crippen MR) is 101 cm³/mol. The Kier molecular flexibility index (Phi) is 6.46. The molecular weight excluding hydrogens is 377 g/mol. The van der Waals surface area contributed by atoms with E-state index in [9.17, 15) is 9.59 Å². The maximum absolute atomic E-state index is 11.8. The van der Waals surface area contributed by atoms with Crippen molar-refractivity contribution >= 4 is 52.2 Å². The van der Waals surface area contributed by atoms with E-state index >= 15 is 0 Å². The summed E-state index contributed by atoms with van der Waals surface area (Å²) in [5, 5.41) is 13.1. The van der Waals surface area contributed by atoms with E-state index < -0.39 is 5.91 Å². The van der Waals surface area contributed by atoms with Crippen LogP contribution in [-0.2, 0) is 9.59 Å². The quantitative estimate of drug-likeness (QED) is 0.443. The number of hydrogen-bond donors (Lipinski definition) is 4. The molecule has 0 saturated carbocycles. The summed E-state index contributed by atoms with van der Waals surface area (Å²) in [4.78, 5) is 26.9. The largest absolute Gasteiger partial charge is 0.365 e. The number of rotatable bonds is 6. The molecule has 0 bridgehead atoms. The summed E-state index contributed by atoms with van der Waals surface area (Å²) in [5.74, 6) is -0.647. The van der Waals surface area contributed by atoms with Gasteiger partial charge in [-0.1, -0.05) is 23.2 Å². The molecule has 0 aliphatic heterocycles. The van der Waals surface area contributed by atoms with Crippen LogP contribution in [0.25, 0.3) is 0 Å². The number of carbonyl (C=O) groups excluding carboxylic acids is 2. The van der Waals surface area contributed by atoms with E-state index in [0.717, 1.165) is 0 Å². The van der Waals surface area contributed by atoms with Crippen molar-refractivity contribution in [1.29, 1.82) is 5.41 Å². The highest BCUT2D eigenvalue weighted by molar-refractivity contribution is 6.39. The van der Waals surface area contributed by atoms with Crippen LogP contribution < -0.4 is 16.4 Å². The van der Waals surface area contributed by atoms with Crippen LogP contribution in [0, 0.1) is 5.41 Å². The average Bonchev–Trinajstić information content (AvgIpc) is 2.54. The smallest absolute Gasteiger partial charge is 0.256 e. The fourth-order valence-electron chi connectivity index (χ4n) is 2.10. The number of nitrogens with zero attached hydrogens (tertiary/aromatic N) is 1. The zero-order valence-electron chi connectivity index (χ0n) is 13.7. The van der Waals surface area contributed by atoms with Crippen molar-refractivity contribution in [2.45, 2.75) is 6.92 Å². The molecule has 0 atom stereocenters. The summed E-state index contributed by atoms with van der Waals surface area (Å²) in [5.41, 5.74) is 6.27. The van der Waals surface area contributed by atoms with Gasteiger partial charge in [-0.3, -0.25) is 20.3 Å². The summed E-state index contributed by atoms with van der Waals surface area (Å²) >= 11 is 11.9. The second-order valence-electron chi connectivity index (χ2n) is 5.27. The van der Waals surface area contributed by atoms with E-state index in [2.05, 4.69) is 10.3 Å². The summed E-state index contributed by atoms with van der Waals surface area (Å²) in [7, 11) is 0. The topological polar surface area (TPSA) is 126 Å². The third kappa shape index (κ3) is 5.13. The van der Waals surface area contributed by atoms with Crippen molar-refractivity contribution in [3.63, 3.8) is 0 Å². The first-order chi connectivity index (χ1) is 12.3. The van der Waals surface area contributed by atoms with Crippen LogP contribution in [0.1, 0.15) is 12.5 Å². The van der Waals surface area contributed by atoms with Crippen LogP contribution >= 0.6 is 23.2 Å². The van der Waals surface area contributed by atoms with E-state index in [4.69, 9.17) is 34.3 Å². The Morgan fingerprint density at radius 1 is 1.27 bits per heavy atom. The Morgan fingerprint density at radius 2 is 2.00 bits per heavy atom. The van der Waals surface area contributed by atoms with E-state index in [-0.39, 0.29) is 22.2 Å². The second kappa shape index (κ2) is 8.57. The molecule has 0 spiro atoms. The van der Waals surface area contributed by atoms with Gasteiger partial charge in [-0.25, -0.2) is 4.98 Å². The first-order valence-electron chi connectivity index (χ1n) is 7.40. The number of primary amides is 1. The number of halogens is 2. The van der Waals surface area contributed by atoms with Gasteiger partial charge in [0.1, 0.15) is 23.3 Å². The standard InChI is InChI=1S/C17H15Cl2N5O2/c1-9(25)24-15-7-11(4-5-22-15)23-8-13(17(21)26)16(20)12-3-2-10(18)6-14(12)19/h2-8,20H,1H3,(H2,21,26)(H2,22,23,24,25)/p+1/b13-8+,20-16?. The van der Waals surface area contributed by atoms with Crippen molar-refractivity contribution in [3.8, 4) is 0 Å². The van der Waals surface area contributed by atoms with Gasteiger partial charge in [-0.15, -0.1) is 0 Å². The number of anilines is 1. The van der Waals surface area contributed by atoms with Crippen LogP contribution in [0.4, 0.5) is 11.5 Å². The number of amides is 2. The van der Waals surface area contributed by atoms with Gasteiger partial charge >= 0.3 is 0 Å². The maximum Gasteiger partial charge on any atom is 0.256 e. The highest BCUT2D eigenvalue weighted by Gasteiger charge is 2.18. The summed E-state index contributed by atoms with van der Waals surface area (Å²) in [6.45, 7) is 1.38. The van der Waals surface area contributed by atoms with E-state index in [1.165, 1.54) is 25.4 Å². The van der Waals surface area contributed by atoms with Crippen molar-refractivity contribution in [1.82, 2.24) is 4.98 Å². The molecular formula is C17H16Cl2N5O2+. The van der Waals surface area contributed by atoms with Crippen LogP contribution in [0.2, 0.25) is 10.0 Å². The monoisotopic (exact) mass is 392 g/mol. The zero-order chi connectivity index (χ0) is 19.3. The minimum atomic E-state index is -0.770. The van der Waals surface area contributed by atoms with Crippen LogP contribution in [-0.4, -0.2) is 22.5 Å². The third-order valence-electron chi connectivity index (χ3n) is 3.27. The van der Waals surface area contributed by atoms with Crippen LogP contribution in [0.15, 0.2) is 48.3 Å². The van der Waals surface area contributed by atoms with Gasteiger partial charge in [-0.2, -0.15) is 0 Å². The molecule has 7 nitrogen and oxygen atoms in total. The SMILES string of the molecule is CC(=O)Nc1cc([NH2+]/C=C(\C(=N)c2ccc(Cl)cc2Cl)C(N)=O)ccn1. The fraction of sp³-hybridized carbons (Fsp3) is 0.0588. The van der Waals surface area contributed by atoms with Gasteiger partial charge < -0.3 is 11.1 Å². The molecule has 0 saturated heterocycles. The van der Waals surface area contributed by atoms with Gasteiger partial charge in [0.25, 0.3) is 5.91 Å². The summed E-state index contributed by atoms with van der Waals surface area (Å²) in [6.07, 6.45) is 2.93.